The van der Waals surface area contributed by atoms with Gasteiger partial charge in [0.15, 0.2) is 0 Å². The summed E-state index contributed by atoms with van der Waals surface area (Å²) in [4.78, 5) is 0. The summed E-state index contributed by atoms with van der Waals surface area (Å²) in [6.45, 7) is 2.44. The Kier molecular flexibility index (Phi) is 4.69. The molecule has 16 heavy (non-hydrogen) atoms. The Bertz CT molecular complexity index is 194. The van der Waals surface area contributed by atoms with E-state index in [1.54, 1.807) is 0 Å². The maximum Gasteiger partial charge on any atom is 0.0540 e. The van der Waals surface area contributed by atoms with E-state index in [0.717, 1.165) is 30.6 Å². The van der Waals surface area contributed by atoms with Gasteiger partial charge in [-0.25, -0.2) is 0 Å². The zero-order valence-corrected chi connectivity index (χ0v) is 10.8. The van der Waals surface area contributed by atoms with E-state index in [9.17, 15) is 5.11 Å². The Labute approximate surface area is 101 Å². The van der Waals surface area contributed by atoms with Crippen molar-refractivity contribution in [1.29, 1.82) is 0 Å². The zero-order valence-electron chi connectivity index (χ0n) is 10.8. The fourth-order valence-electron chi connectivity index (χ4n) is 3.75. The molecule has 0 aromatic carbocycles. The number of hydrogen-bond donors (Lipinski definition) is 1. The smallest absolute Gasteiger partial charge is 0.0540 e. The first-order valence-corrected chi connectivity index (χ1v) is 7.43. The number of aliphatic hydroxyl groups is 1. The highest BCUT2D eigenvalue weighted by molar-refractivity contribution is 4.76. The Balaban J connectivity index is 1.57. The minimum atomic E-state index is 0.0195. The molecule has 0 aromatic rings. The molecule has 1 heteroatoms. The van der Waals surface area contributed by atoms with Crippen LogP contribution >= 0.6 is 0 Å². The van der Waals surface area contributed by atoms with Crippen molar-refractivity contribution in [3.63, 3.8) is 0 Å². The Morgan fingerprint density at radius 1 is 0.938 bits per heavy atom. The number of rotatable bonds is 4. The molecule has 0 heterocycles. The van der Waals surface area contributed by atoms with Gasteiger partial charge >= 0.3 is 0 Å². The summed E-state index contributed by atoms with van der Waals surface area (Å²) in [5.74, 6) is 2.96. The molecule has 94 valence electrons. The minimum absolute atomic E-state index is 0.0195. The van der Waals surface area contributed by atoms with Crippen LogP contribution in [0.3, 0.4) is 0 Å². The van der Waals surface area contributed by atoms with Gasteiger partial charge in [0.25, 0.3) is 0 Å². The molecule has 2 unspecified atom stereocenters. The van der Waals surface area contributed by atoms with Crippen LogP contribution in [0.5, 0.6) is 0 Å². The summed E-state index contributed by atoms with van der Waals surface area (Å²) in [6.07, 6.45) is 13.5. The van der Waals surface area contributed by atoms with Crippen molar-refractivity contribution in [2.45, 2.75) is 77.2 Å². The summed E-state index contributed by atoms with van der Waals surface area (Å²) in [5.41, 5.74) is 0. The predicted molar refractivity (Wildman–Crippen MR) is 68.3 cm³/mol. The molecule has 1 nitrogen and oxygen atoms in total. The second-order valence-electron chi connectivity index (χ2n) is 6.27. The van der Waals surface area contributed by atoms with Gasteiger partial charge in [-0.2, -0.15) is 0 Å². The maximum absolute atomic E-state index is 9.46. The minimum Gasteiger partial charge on any atom is -0.393 e. The molecule has 2 fully saturated rings. The molecule has 2 aliphatic rings. The molecule has 2 rings (SSSR count). The molecule has 0 radical (unpaired) electrons. The van der Waals surface area contributed by atoms with Crippen LogP contribution < -0.4 is 0 Å². The third kappa shape index (κ3) is 3.48. The van der Waals surface area contributed by atoms with E-state index in [1.807, 2.05) is 0 Å². The van der Waals surface area contributed by atoms with Gasteiger partial charge < -0.3 is 5.11 Å². The molecule has 0 aliphatic heterocycles. The lowest BCUT2D eigenvalue weighted by molar-refractivity contribution is 0.105. The lowest BCUT2D eigenvalue weighted by Gasteiger charge is -2.26. The molecular weight excluding hydrogens is 196 g/mol. The Hall–Kier alpha value is -0.0400. The molecule has 0 saturated heterocycles. The summed E-state index contributed by atoms with van der Waals surface area (Å²) in [7, 11) is 0. The SMILES string of the molecule is CC1CCCC1CCCC1CCC(O)CC1. The van der Waals surface area contributed by atoms with Gasteiger partial charge in [0.2, 0.25) is 0 Å². The molecule has 0 aromatic heterocycles. The second kappa shape index (κ2) is 6.05. The third-order valence-electron chi connectivity index (χ3n) is 5.04. The third-order valence-corrected chi connectivity index (χ3v) is 5.04. The monoisotopic (exact) mass is 224 g/mol. The lowest BCUT2D eigenvalue weighted by atomic mass is 9.83. The summed E-state index contributed by atoms with van der Waals surface area (Å²) < 4.78 is 0. The Morgan fingerprint density at radius 2 is 1.69 bits per heavy atom. The van der Waals surface area contributed by atoms with E-state index < -0.39 is 0 Å². The van der Waals surface area contributed by atoms with Crippen LogP contribution in [0.4, 0.5) is 0 Å². The average molecular weight is 224 g/mol. The fourth-order valence-corrected chi connectivity index (χ4v) is 3.75. The van der Waals surface area contributed by atoms with E-state index in [1.165, 1.54) is 51.4 Å². The zero-order chi connectivity index (χ0) is 11.4. The first-order valence-electron chi connectivity index (χ1n) is 7.43. The quantitative estimate of drug-likeness (QED) is 0.760. The highest BCUT2D eigenvalue weighted by Crippen LogP contribution is 2.36. The highest BCUT2D eigenvalue weighted by Gasteiger charge is 2.24. The van der Waals surface area contributed by atoms with Gasteiger partial charge in [-0.1, -0.05) is 45.4 Å². The van der Waals surface area contributed by atoms with Crippen molar-refractivity contribution in [2.75, 3.05) is 0 Å². The Morgan fingerprint density at radius 3 is 2.31 bits per heavy atom. The van der Waals surface area contributed by atoms with Crippen molar-refractivity contribution in [1.82, 2.24) is 0 Å². The molecule has 1 N–H and O–H groups in total. The van der Waals surface area contributed by atoms with Gasteiger partial charge in [0, 0.05) is 0 Å². The molecule has 2 saturated carbocycles. The van der Waals surface area contributed by atoms with Crippen LogP contribution in [0.2, 0.25) is 0 Å². The maximum atomic E-state index is 9.46. The molecule has 0 spiro atoms. The molecule has 2 atom stereocenters. The molecule has 0 amide bonds. The lowest BCUT2D eigenvalue weighted by Crippen LogP contribution is -2.18. The highest BCUT2D eigenvalue weighted by atomic mass is 16.3. The summed E-state index contributed by atoms with van der Waals surface area (Å²) in [6, 6.07) is 0. The molecule has 2 aliphatic carbocycles. The van der Waals surface area contributed by atoms with Crippen LogP contribution in [0, 0.1) is 17.8 Å². The van der Waals surface area contributed by atoms with Crippen molar-refractivity contribution in [3.8, 4) is 0 Å². The van der Waals surface area contributed by atoms with Crippen molar-refractivity contribution in [2.24, 2.45) is 17.8 Å². The van der Waals surface area contributed by atoms with Crippen molar-refractivity contribution in [3.05, 3.63) is 0 Å². The number of hydrogen-bond acceptors (Lipinski definition) is 1. The standard InChI is InChI=1S/C15H28O/c1-12-4-2-6-14(12)7-3-5-13-8-10-15(16)11-9-13/h12-16H,2-11H2,1H3. The molecular formula is C15H28O. The summed E-state index contributed by atoms with van der Waals surface area (Å²) >= 11 is 0. The molecule has 0 bridgehead atoms. The van der Waals surface area contributed by atoms with E-state index in [4.69, 9.17) is 0 Å². The van der Waals surface area contributed by atoms with Crippen LogP contribution in [0.1, 0.15) is 71.1 Å². The van der Waals surface area contributed by atoms with E-state index >= 15 is 0 Å². The summed E-state index contributed by atoms with van der Waals surface area (Å²) in [5, 5.41) is 9.46. The van der Waals surface area contributed by atoms with Crippen molar-refractivity contribution < 1.29 is 5.11 Å². The average Bonchev–Trinajstić information content (AvgIpc) is 2.68. The second-order valence-corrected chi connectivity index (χ2v) is 6.27. The van der Waals surface area contributed by atoms with Gasteiger partial charge in [0.05, 0.1) is 6.10 Å². The van der Waals surface area contributed by atoms with Crippen LogP contribution in [-0.4, -0.2) is 11.2 Å². The first kappa shape index (κ1) is 12.4. The van der Waals surface area contributed by atoms with Crippen LogP contribution in [-0.2, 0) is 0 Å². The van der Waals surface area contributed by atoms with Gasteiger partial charge in [-0.15, -0.1) is 0 Å². The topological polar surface area (TPSA) is 20.2 Å². The van der Waals surface area contributed by atoms with Crippen molar-refractivity contribution >= 4 is 0 Å². The fraction of sp³-hybridized carbons (Fsp3) is 1.00. The van der Waals surface area contributed by atoms with Gasteiger partial charge in [0.1, 0.15) is 0 Å². The predicted octanol–water partition coefficient (Wildman–Crippen LogP) is 4.14. The van der Waals surface area contributed by atoms with E-state index in [0.29, 0.717) is 0 Å². The van der Waals surface area contributed by atoms with Gasteiger partial charge in [-0.3, -0.25) is 0 Å². The van der Waals surface area contributed by atoms with Gasteiger partial charge in [-0.05, 0) is 43.4 Å². The van der Waals surface area contributed by atoms with Crippen LogP contribution in [0.15, 0.2) is 0 Å². The first-order chi connectivity index (χ1) is 7.75. The van der Waals surface area contributed by atoms with E-state index in [2.05, 4.69) is 6.92 Å². The van der Waals surface area contributed by atoms with E-state index in [-0.39, 0.29) is 6.10 Å². The largest absolute Gasteiger partial charge is 0.393 e. The number of aliphatic hydroxyl groups excluding tert-OH is 1. The van der Waals surface area contributed by atoms with Crippen LogP contribution in [0.25, 0.3) is 0 Å². The normalized spacial score (nSPS) is 40.1.